The first-order valence-corrected chi connectivity index (χ1v) is 6.77. The van der Waals surface area contributed by atoms with Crippen LogP contribution in [0, 0.1) is 0 Å². The molecule has 1 aromatic carbocycles. The second-order valence-electron chi connectivity index (χ2n) is 5.23. The van der Waals surface area contributed by atoms with Crippen molar-refractivity contribution in [2.75, 3.05) is 32.1 Å². The molecule has 1 aromatic rings. The molecule has 0 aromatic heterocycles. The summed E-state index contributed by atoms with van der Waals surface area (Å²) in [4.78, 5) is 2.48. The predicted octanol–water partition coefficient (Wildman–Crippen LogP) is 2.62. The molecule has 0 saturated carbocycles. The van der Waals surface area contributed by atoms with E-state index in [1.165, 1.54) is 11.3 Å². The lowest BCUT2D eigenvalue weighted by atomic mass is 9.97. The molecule has 1 unspecified atom stereocenters. The van der Waals surface area contributed by atoms with Gasteiger partial charge in [-0.05, 0) is 46.0 Å². The van der Waals surface area contributed by atoms with Gasteiger partial charge in [-0.15, -0.1) is 0 Å². The van der Waals surface area contributed by atoms with Crippen LogP contribution in [0.15, 0.2) is 18.2 Å². The van der Waals surface area contributed by atoms with Gasteiger partial charge in [-0.25, -0.2) is 0 Å². The lowest BCUT2D eigenvalue weighted by Crippen LogP contribution is -2.29. The molecule has 1 aliphatic rings. The highest BCUT2D eigenvalue weighted by atomic mass is 16.5. The van der Waals surface area contributed by atoms with Crippen molar-refractivity contribution in [3.63, 3.8) is 0 Å². The minimum Gasteiger partial charge on any atom is -0.496 e. The Bertz CT molecular complexity index is 403. The minimum absolute atomic E-state index is 0.537. The normalized spacial score (nSPS) is 18.3. The zero-order chi connectivity index (χ0) is 13.1. The first kappa shape index (κ1) is 13.2. The summed E-state index contributed by atoms with van der Waals surface area (Å²) in [6.07, 6.45) is 1.16. The summed E-state index contributed by atoms with van der Waals surface area (Å²) in [5.41, 5.74) is 2.74. The molecule has 1 aliphatic heterocycles. The molecule has 0 amide bonds. The summed E-state index contributed by atoms with van der Waals surface area (Å²) in [6, 6.07) is 6.93. The Morgan fingerprint density at radius 1 is 1.44 bits per heavy atom. The van der Waals surface area contributed by atoms with Crippen LogP contribution in [0.5, 0.6) is 5.75 Å². The lowest BCUT2D eigenvalue weighted by Gasteiger charge is -2.24. The van der Waals surface area contributed by atoms with Crippen molar-refractivity contribution in [3.05, 3.63) is 23.8 Å². The Balaban J connectivity index is 2.35. The van der Waals surface area contributed by atoms with Crippen molar-refractivity contribution < 1.29 is 4.74 Å². The maximum atomic E-state index is 5.55. The van der Waals surface area contributed by atoms with Gasteiger partial charge in [0.2, 0.25) is 0 Å². The highest BCUT2D eigenvalue weighted by Gasteiger charge is 2.32. The quantitative estimate of drug-likeness (QED) is 0.867. The predicted molar refractivity (Wildman–Crippen MR) is 76.8 cm³/mol. The number of hydrogen-bond donors (Lipinski definition) is 1. The Morgan fingerprint density at radius 3 is 2.83 bits per heavy atom. The van der Waals surface area contributed by atoms with Gasteiger partial charge in [-0.1, -0.05) is 6.07 Å². The van der Waals surface area contributed by atoms with Gasteiger partial charge in [0.15, 0.2) is 0 Å². The molecule has 3 nitrogen and oxygen atoms in total. The van der Waals surface area contributed by atoms with Gasteiger partial charge in [-0.3, -0.25) is 0 Å². The number of rotatable bonds is 5. The summed E-state index contributed by atoms with van der Waals surface area (Å²) >= 11 is 0. The Hall–Kier alpha value is -1.22. The average Bonchev–Trinajstić information content (AvgIpc) is 2.75. The number of ether oxygens (including phenoxy) is 1. The van der Waals surface area contributed by atoms with Crippen LogP contribution >= 0.6 is 0 Å². The number of methoxy groups -OCH3 is 1. The number of benzene rings is 1. The van der Waals surface area contributed by atoms with Crippen molar-refractivity contribution in [2.45, 2.75) is 32.2 Å². The largest absolute Gasteiger partial charge is 0.496 e. The van der Waals surface area contributed by atoms with Gasteiger partial charge in [0.05, 0.1) is 7.11 Å². The first-order valence-electron chi connectivity index (χ1n) is 6.77. The highest BCUT2D eigenvalue weighted by molar-refractivity contribution is 5.65. The van der Waals surface area contributed by atoms with E-state index in [0.717, 1.165) is 25.3 Å². The topological polar surface area (TPSA) is 24.5 Å². The average molecular weight is 248 g/mol. The Labute approximate surface area is 110 Å². The number of anilines is 1. The van der Waals surface area contributed by atoms with Crippen molar-refractivity contribution in [1.82, 2.24) is 5.32 Å². The molecule has 1 N–H and O–H groups in total. The summed E-state index contributed by atoms with van der Waals surface area (Å²) in [5, 5.41) is 3.25. The van der Waals surface area contributed by atoms with Gasteiger partial charge in [0, 0.05) is 29.8 Å². The van der Waals surface area contributed by atoms with E-state index < -0.39 is 0 Å². The summed E-state index contributed by atoms with van der Waals surface area (Å²) in [7, 11) is 3.78. The zero-order valence-electron chi connectivity index (χ0n) is 11.9. The number of fused-ring (bicyclic) bond motifs is 1. The molecule has 0 aliphatic carbocycles. The van der Waals surface area contributed by atoms with Gasteiger partial charge in [0.25, 0.3) is 0 Å². The molecule has 3 heteroatoms. The standard InChI is InChI=1S/C15H24N2O/c1-11(2)17-10-12(8-9-16-3)15-13(17)6-5-7-14(15)18-4/h5-7,11-12,16H,8-10H2,1-4H3. The van der Waals surface area contributed by atoms with Crippen LogP contribution in [0.2, 0.25) is 0 Å². The second-order valence-corrected chi connectivity index (χ2v) is 5.23. The first-order chi connectivity index (χ1) is 8.69. The molecule has 0 saturated heterocycles. The van der Waals surface area contributed by atoms with E-state index in [1.54, 1.807) is 7.11 Å². The van der Waals surface area contributed by atoms with Crippen LogP contribution < -0.4 is 15.0 Å². The minimum atomic E-state index is 0.537. The third-order valence-electron chi connectivity index (χ3n) is 3.76. The van der Waals surface area contributed by atoms with E-state index in [9.17, 15) is 0 Å². The molecule has 1 heterocycles. The van der Waals surface area contributed by atoms with E-state index in [4.69, 9.17) is 4.74 Å². The summed E-state index contributed by atoms with van der Waals surface area (Å²) in [6.45, 7) is 6.66. The van der Waals surface area contributed by atoms with Gasteiger partial charge in [0.1, 0.15) is 5.75 Å². The van der Waals surface area contributed by atoms with Crippen LogP contribution in [0.1, 0.15) is 31.7 Å². The summed E-state index contributed by atoms with van der Waals surface area (Å²) < 4.78 is 5.55. The number of nitrogens with zero attached hydrogens (tertiary/aromatic N) is 1. The lowest BCUT2D eigenvalue weighted by molar-refractivity contribution is 0.406. The Kier molecular flexibility index (Phi) is 4.12. The van der Waals surface area contributed by atoms with Gasteiger partial charge < -0.3 is 15.0 Å². The second kappa shape index (κ2) is 5.61. The fraction of sp³-hybridized carbons (Fsp3) is 0.600. The van der Waals surface area contributed by atoms with E-state index in [2.05, 4.69) is 42.3 Å². The zero-order valence-corrected chi connectivity index (χ0v) is 11.9. The monoisotopic (exact) mass is 248 g/mol. The molecule has 18 heavy (non-hydrogen) atoms. The SMILES string of the molecule is CNCCC1CN(C(C)C)c2cccc(OC)c21. The molecule has 0 radical (unpaired) electrons. The smallest absolute Gasteiger partial charge is 0.124 e. The molecular weight excluding hydrogens is 224 g/mol. The van der Waals surface area contributed by atoms with Crippen LogP contribution in [0.3, 0.4) is 0 Å². The van der Waals surface area contributed by atoms with Crippen LogP contribution in [-0.4, -0.2) is 33.3 Å². The van der Waals surface area contributed by atoms with Gasteiger partial charge >= 0.3 is 0 Å². The van der Waals surface area contributed by atoms with Crippen molar-refractivity contribution in [1.29, 1.82) is 0 Å². The Morgan fingerprint density at radius 2 is 2.22 bits per heavy atom. The van der Waals surface area contributed by atoms with Crippen LogP contribution in [-0.2, 0) is 0 Å². The molecular formula is C15H24N2O. The fourth-order valence-corrected chi connectivity index (χ4v) is 2.84. The third kappa shape index (κ3) is 2.32. The number of nitrogens with one attached hydrogen (secondary N) is 1. The van der Waals surface area contributed by atoms with E-state index >= 15 is 0 Å². The van der Waals surface area contributed by atoms with Crippen LogP contribution in [0.4, 0.5) is 5.69 Å². The van der Waals surface area contributed by atoms with E-state index in [0.29, 0.717) is 12.0 Å². The van der Waals surface area contributed by atoms with E-state index in [1.807, 2.05) is 7.05 Å². The van der Waals surface area contributed by atoms with Crippen molar-refractivity contribution in [2.24, 2.45) is 0 Å². The maximum Gasteiger partial charge on any atom is 0.124 e. The molecule has 0 bridgehead atoms. The molecule has 2 rings (SSSR count). The number of hydrogen-bond acceptors (Lipinski definition) is 3. The van der Waals surface area contributed by atoms with E-state index in [-0.39, 0.29) is 0 Å². The molecule has 0 spiro atoms. The van der Waals surface area contributed by atoms with Crippen molar-refractivity contribution in [3.8, 4) is 5.75 Å². The van der Waals surface area contributed by atoms with Crippen molar-refractivity contribution >= 4 is 5.69 Å². The highest BCUT2D eigenvalue weighted by Crippen LogP contribution is 2.44. The summed E-state index contributed by atoms with van der Waals surface area (Å²) in [5.74, 6) is 1.61. The molecule has 100 valence electrons. The van der Waals surface area contributed by atoms with Gasteiger partial charge in [-0.2, -0.15) is 0 Å². The molecule has 0 fully saturated rings. The maximum absolute atomic E-state index is 5.55. The third-order valence-corrected chi connectivity index (χ3v) is 3.76. The van der Waals surface area contributed by atoms with Crippen LogP contribution in [0.25, 0.3) is 0 Å². The fourth-order valence-electron chi connectivity index (χ4n) is 2.84. The molecule has 1 atom stereocenters.